The van der Waals surface area contributed by atoms with Crippen LogP contribution in [-0.4, -0.2) is 53.7 Å². The number of carbonyl (C=O) groups is 5. The summed E-state index contributed by atoms with van der Waals surface area (Å²) in [5, 5.41) is 12.1. The number of carboxylic acids is 1. The van der Waals surface area contributed by atoms with Crippen LogP contribution in [-0.2, 0) is 28.7 Å². The number of ether oxygens (including phenoxy) is 2. The van der Waals surface area contributed by atoms with Crippen molar-refractivity contribution in [2.24, 2.45) is 17.4 Å². The van der Waals surface area contributed by atoms with E-state index in [0.717, 1.165) is 22.3 Å². The molecule has 11 nitrogen and oxygen atoms in total. The minimum atomic E-state index is -1.72. The molecule has 0 aliphatic heterocycles. The standard InChI is InChI=1S/C27H31N3O8/c1-2-3-8-19(25(33)34)23(26(35)38-21(24(29)32)13-22(28)31)30-27(36)37-14-20-17-11-6-4-9-15(17)16-10-5-7-12-18(16)20/h4-7,9-12,19-21,23H,2-3,8,13-14H2,1H3,(H2,28,31)(H2,29,32)(H,30,36)(H,33,34)/t19?,21?,23-/m0/s1. The maximum absolute atomic E-state index is 13.0. The van der Waals surface area contributed by atoms with Crippen molar-refractivity contribution < 1.29 is 38.6 Å². The summed E-state index contributed by atoms with van der Waals surface area (Å²) in [6.45, 7) is 1.76. The number of nitrogens with two attached hydrogens (primary N) is 2. The zero-order valence-corrected chi connectivity index (χ0v) is 20.9. The van der Waals surface area contributed by atoms with Crippen LogP contribution in [0.2, 0.25) is 0 Å². The number of aliphatic carboxylic acids is 1. The first kappa shape index (κ1) is 28.2. The van der Waals surface area contributed by atoms with Crippen molar-refractivity contribution in [3.63, 3.8) is 0 Å². The smallest absolute Gasteiger partial charge is 0.407 e. The van der Waals surface area contributed by atoms with Gasteiger partial charge in [-0.15, -0.1) is 0 Å². The van der Waals surface area contributed by atoms with Crippen LogP contribution >= 0.6 is 0 Å². The van der Waals surface area contributed by atoms with Crippen LogP contribution in [0.5, 0.6) is 0 Å². The second-order valence-electron chi connectivity index (χ2n) is 9.03. The van der Waals surface area contributed by atoms with Gasteiger partial charge in [0.2, 0.25) is 5.91 Å². The van der Waals surface area contributed by atoms with Crippen molar-refractivity contribution in [1.82, 2.24) is 5.32 Å². The van der Waals surface area contributed by atoms with Crippen molar-refractivity contribution in [3.05, 3.63) is 59.7 Å². The van der Waals surface area contributed by atoms with Gasteiger partial charge in [0.15, 0.2) is 6.10 Å². The van der Waals surface area contributed by atoms with E-state index in [1.165, 1.54) is 0 Å². The lowest BCUT2D eigenvalue weighted by Crippen LogP contribution is -2.51. The molecule has 1 aliphatic rings. The number of carboxylic acid groups (broad SMARTS) is 1. The number of fused-ring (bicyclic) bond motifs is 3. The summed E-state index contributed by atoms with van der Waals surface area (Å²) >= 11 is 0. The second-order valence-corrected chi connectivity index (χ2v) is 9.03. The largest absolute Gasteiger partial charge is 0.481 e. The van der Waals surface area contributed by atoms with Gasteiger partial charge in [-0.1, -0.05) is 68.3 Å². The number of amides is 3. The van der Waals surface area contributed by atoms with Crippen molar-refractivity contribution in [2.75, 3.05) is 6.61 Å². The first-order chi connectivity index (χ1) is 18.1. The zero-order valence-electron chi connectivity index (χ0n) is 20.9. The van der Waals surface area contributed by atoms with Crippen LogP contribution in [0.1, 0.15) is 49.7 Å². The molecule has 1 aliphatic carbocycles. The van der Waals surface area contributed by atoms with Gasteiger partial charge in [0, 0.05) is 5.92 Å². The lowest BCUT2D eigenvalue weighted by atomic mass is 9.93. The van der Waals surface area contributed by atoms with Crippen LogP contribution in [0.4, 0.5) is 4.79 Å². The number of hydrogen-bond donors (Lipinski definition) is 4. The lowest BCUT2D eigenvalue weighted by Gasteiger charge is -2.25. The number of rotatable bonds is 13. The lowest BCUT2D eigenvalue weighted by molar-refractivity contribution is -0.162. The maximum atomic E-state index is 13.0. The molecule has 6 N–H and O–H groups in total. The highest BCUT2D eigenvalue weighted by atomic mass is 16.6. The minimum Gasteiger partial charge on any atom is -0.481 e. The third-order valence-corrected chi connectivity index (χ3v) is 6.42. The highest BCUT2D eigenvalue weighted by Crippen LogP contribution is 2.44. The molecule has 0 saturated carbocycles. The fraction of sp³-hybridized carbons (Fsp3) is 0.370. The van der Waals surface area contributed by atoms with E-state index in [1.54, 1.807) is 0 Å². The molecule has 3 atom stereocenters. The molecule has 0 bridgehead atoms. The number of unbranched alkanes of at least 4 members (excludes halogenated alkanes) is 1. The molecule has 0 aromatic heterocycles. The number of carbonyl (C=O) groups excluding carboxylic acids is 4. The Hall–Kier alpha value is -4.41. The molecule has 202 valence electrons. The van der Waals surface area contributed by atoms with Crippen molar-refractivity contribution >= 4 is 29.8 Å². The van der Waals surface area contributed by atoms with Crippen LogP contribution in [0.15, 0.2) is 48.5 Å². The van der Waals surface area contributed by atoms with Gasteiger partial charge >= 0.3 is 18.0 Å². The quantitative estimate of drug-likeness (QED) is 0.286. The molecule has 0 fully saturated rings. The first-order valence-corrected chi connectivity index (χ1v) is 12.3. The average molecular weight is 526 g/mol. The van der Waals surface area contributed by atoms with Gasteiger partial charge in [-0.3, -0.25) is 14.4 Å². The van der Waals surface area contributed by atoms with E-state index in [1.807, 2.05) is 55.5 Å². The SMILES string of the molecule is CCCCC(C(=O)O)[C@H](NC(=O)OCC1c2ccccc2-c2ccccc21)C(=O)OC(CC(N)=O)C(N)=O. The third kappa shape index (κ3) is 6.67. The Bertz CT molecular complexity index is 1170. The molecule has 2 aromatic carbocycles. The predicted octanol–water partition coefficient (Wildman–Crippen LogP) is 2.06. The van der Waals surface area contributed by atoms with Gasteiger partial charge in [-0.2, -0.15) is 0 Å². The number of esters is 1. The van der Waals surface area contributed by atoms with Crippen molar-refractivity contribution in [2.45, 2.75) is 50.7 Å². The van der Waals surface area contributed by atoms with Gasteiger partial charge in [0.25, 0.3) is 5.91 Å². The molecule has 0 spiro atoms. The first-order valence-electron chi connectivity index (χ1n) is 12.3. The Morgan fingerprint density at radius 1 is 0.974 bits per heavy atom. The Morgan fingerprint density at radius 3 is 2.05 bits per heavy atom. The molecule has 0 radical (unpaired) electrons. The molecule has 2 aromatic rings. The summed E-state index contributed by atoms with van der Waals surface area (Å²) in [4.78, 5) is 60.7. The molecule has 11 heteroatoms. The summed E-state index contributed by atoms with van der Waals surface area (Å²) in [5.74, 6) is -6.34. The molecular weight excluding hydrogens is 494 g/mol. The van der Waals surface area contributed by atoms with Crippen molar-refractivity contribution in [3.8, 4) is 11.1 Å². The zero-order chi connectivity index (χ0) is 27.8. The molecular formula is C27H31N3O8. The highest BCUT2D eigenvalue weighted by Gasteiger charge is 2.39. The highest BCUT2D eigenvalue weighted by molar-refractivity contribution is 5.91. The van der Waals surface area contributed by atoms with E-state index in [4.69, 9.17) is 20.9 Å². The van der Waals surface area contributed by atoms with E-state index < -0.39 is 54.3 Å². The van der Waals surface area contributed by atoms with Crippen LogP contribution < -0.4 is 16.8 Å². The third-order valence-electron chi connectivity index (χ3n) is 6.42. The summed E-state index contributed by atoms with van der Waals surface area (Å²) < 4.78 is 10.5. The van der Waals surface area contributed by atoms with Crippen LogP contribution in [0.3, 0.4) is 0 Å². The number of nitrogens with one attached hydrogen (secondary N) is 1. The van der Waals surface area contributed by atoms with Crippen molar-refractivity contribution in [1.29, 1.82) is 0 Å². The number of benzene rings is 2. The van der Waals surface area contributed by atoms with E-state index in [2.05, 4.69) is 5.32 Å². The van der Waals surface area contributed by atoms with Crippen LogP contribution in [0, 0.1) is 5.92 Å². The van der Waals surface area contributed by atoms with Crippen LogP contribution in [0.25, 0.3) is 11.1 Å². The fourth-order valence-electron chi connectivity index (χ4n) is 4.54. The van der Waals surface area contributed by atoms with Gasteiger partial charge in [0.05, 0.1) is 12.3 Å². The summed E-state index contributed by atoms with van der Waals surface area (Å²) in [6, 6.07) is 13.7. The molecule has 0 heterocycles. The number of primary amides is 2. The Labute approximate surface area is 219 Å². The van der Waals surface area contributed by atoms with Gasteiger partial charge < -0.3 is 31.4 Å². The monoisotopic (exact) mass is 525 g/mol. The van der Waals surface area contributed by atoms with E-state index >= 15 is 0 Å². The Balaban J connectivity index is 1.78. The Kier molecular flexibility index (Phi) is 9.42. The van der Waals surface area contributed by atoms with E-state index in [0.29, 0.717) is 12.8 Å². The number of hydrogen-bond acceptors (Lipinski definition) is 7. The van der Waals surface area contributed by atoms with E-state index in [-0.39, 0.29) is 18.9 Å². The molecule has 2 unspecified atom stereocenters. The van der Waals surface area contributed by atoms with Gasteiger partial charge in [0.1, 0.15) is 12.6 Å². The molecule has 3 rings (SSSR count). The van der Waals surface area contributed by atoms with E-state index in [9.17, 15) is 29.1 Å². The summed E-state index contributed by atoms with van der Waals surface area (Å²) in [5.41, 5.74) is 14.3. The Morgan fingerprint density at radius 2 is 1.55 bits per heavy atom. The maximum Gasteiger partial charge on any atom is 0.407 e. The second kappa shape index (κ2) is 12.7. The van der Waals surface area contributed by atoms with Gasteiger partial charge in [-0.05, 0) is 28.7 Å². The molecule has 38 heavy (non-hydrogen) atoms. The molecule has 0 saturated heterocycles. The summed E-state index contributed by atoms with van der Waals surface area (Å²) in [6.07, 6.45) is -2.34. The minimum absolute atomic E-state index is 0.0340. The van der Waals surface area contributed by atoms with Gasteiger partial charge in [-0.25, -0.2) is 9.59 Å². The summed E-state index contributed by atoms with van der Waals surface area (Å²) in [7, 11) is 0. The predicted molar refractivity (Wildman–Crippen MR) is 136 cm³/mol. The fourth-order valence-corrected chi connectivity index (χ4v) is 4.54. The normalized spacial score (nSPS) is 14.3. The average Bonchev–Trinajstić information content (AvgIpc) is 3.19. The topological polar surface area (TPSA) is 188 Å². The molecule has 3 amide bonds. The number of alkyl carbamates (subject to hydrolysis) is 1.